The van der Waals surface area contributed by atoms with Crippen LogP contribution >= 0.6 is 0 Å². The van der Waals surface area contributed by atoms with Gasteiger partial charge in [-0.05, 0) is 25.7 Å². The smallest absolute Gasteiger partial charge is 0.242 e. The van der Waals surface area contributed by atoms with E-state index in [9.17, 15) is 19.2 Å². The average Bonchev–Trinajstić information content (AvgIpc) is 2.69. The third-order valence-corrected chi connectivity index (χ3v) is 3.88. The number of unbranched alkanes of at least 4 members (excludes halogenated alkanes) is 2. The molecule has 4 N–H and O–H groups in total. The van der Waals surface area contributed by atoms with Crippen molar-refractivity contribution >= 4 is 29.8 Å². The zero-order valence-corrected chi connectivity index (χ0v) is 17.7. The van der Waals surface area contributed by atoms with Gasteiger partial charge >= 0.3 is 0 Å². The summed E-state index contributed by atoms with van der Waals surface area (Å²) in [5.74, 6) is -0.847. The Labute approximate surface area is 172 Å². The van der Waals surface area contributed by atoms with Crippen LogP contribution in [0.2, 0.25) is 0 Å². The van der Waals surface area contributed by atoms with E-state index >= 15 is 0 Å². The maximum absolute atomic E-state index is 11.8. The first kappa shape index (κ1) is 26.4. The third-order valence-electron chi connectivity index (χ3n) is 3.88. The molecule has 0 saturated heterocycles. The molecular formula is C19H35N5O5. The largest absolute Gasteiger partial charge is 0.396 e. The van der Waals surface area contributed by atoms with E-state index in [0.717, 1.165) is 25.7 Å². The standard InChI is InChI=1S/C19H35N5O5/c1-4-5-8-17(26)21-11-6-7-14-29-23-13-12-22-18(27)10-9-16(19(28)20-3)24-15(2)25/h13,16H,4-12,14H2,1-3H3,(H,20,28)(H,21,26)(H,22,27)(H,24,25)/t16-/m0/s1. The summed E-state index contributed by atoms with van der Waals surface area (Å²) in [5.41, 5.74) is 0. The van der Waals surface area contributed by atoms with Gasteiger partial charge in [-0.1, -0.05) is 18.5 Å². The summed E-state index contributed by atoms with van der Waals surface area (Å²) in [6, 6.07) is -0.739. The predicted molar refractivity (Wildman–Crippen MR) is 110 cm³/mol. The Morgan fingerprint density at radius 3 is 2.41 bits per heavy atom. The summed E-state index contributed by atoms with van der Waals surface area (Å²) in [5, 5.41) is 14.2. The first-order chi connectivity index (χ1) is 13.9. The number of hydrogen-bond donors (Lipinski definition) is 4. The molecule has 0 unspecified atom stereocenters. The maximum atomic E-state index is 11.8. The van der Waals surface area contributed by atoms with E-state index in [0.29, 0.717) is 19.6 Å². The van der Waals surface area contributed by atoms with Crippen molar-refractivity contribution in [2.45, 2.75) is 64.8 Å². The predicted octanol–water partition coefficient (Wildman–Crippen LogP) is 0.223. The molecular weight excluding hydrogens is 378 g/mol. The fourth-order valence-electron chi connectivity index (χ4n) is 2.30. The minimum atomic E-state index is -0.739. The summed E-state index contributed by atoms with van der Waals surface area (Å²) >= 11 is 0. The molecule has 0 radical (unpaired) electrons. The Hall–Kier alpha value is -2.65. The van der Waals surface area contributed by atoms with Crippen LogP contribution in [0.1, 0.15) is 58.8 Å². The second kappa shape index (κ2) is 17.4. The summed E-state index contributed by atoms with van der Waals surface area (Å²) < 4.78 is 0. The lowest BCUT2D eigenvalue weighted by Gasteiger charge is -2.15. The lowest BCUT2D eigenvalue weighted by molar-refractivity contribution is -0.128. The Balaban J connectivity index is 3.73. The van der Waals surface area contributed by atoms with Gasteiger partial charge in [0.1, 0.15) is 12.6 Å². The van der Waals surface area contributed by atoms with Gasteiger partial charge in [0.05, 0.1) is 12.8 Å². The molecule has 0 aliphatic carbocycles. The number of nitrogens with zero attached hydrogens (tertiary/aromatic N) is 1. The molecule has 0 aromatic heterocycles. The van der Waals surface area contributed by atoms with E-state index in [1.807, 2.05) is 6.92 Å². The molecule has 0 rings (SSSR count). The van der Waals surface area contributed by atoms with E-state index < -0.39 is 6.04 Å². The fourth-order valence-corrected chi connectivity index (χ4v) is 2.30. The highest BCUT2D eigenvalue weighted by Crippen LogP contribution is 1.98. The Bertz CT molecular complexity index is 539. The number of carbonyl (C=O) groups is 4. The van der Waals surface area contributed by atoms with E-state index in [1.165, 1.54) is 20.2 Å². The highest BCUT2D eigenvalue weighted by molar-refractivity contribution is 5.87. The molecule has 0 aliphatic heterocycles. The van der Waals surface area contributed by atoms with Crippen molar-refractivity contribution in [1.29, 1.82) is 0 Å². The second-order valence-electron chi connectivity index (χ2n) is 6.49. The summed E-state index contributed by atoms with van der Waals surface area (Å²) in [4.78, 5) is 51.0. The number of amides is 4. The molecule has 29 heavy (non-hydrogen) atoms. The summed E-state index contributed by atoms with van der Waals surface area (Å²) in [7, 11) is 1.47. The summed E-state index contributed by atoms with van der Waals surface area (Å²) in [6.07, 6.45) is 5.80. The number of rotatable bonds is 16. The zero-order valence-electron chi connectivity index (χ0n) is 17.7. The minimum Gasteiger partial charge on any atom is -0.396 e. The average molecular weight is 414 g/mol. The van der Waals surface area contributed by atoms with Crippen LogP contribution in [-0.2, 0) is 24.0 Å². The first-order valence-corrected chi connectivity index (χ1v) is 10.1. The van der Waals surface area contributed by atoms with Gasteiger partial charge in [-0.25, -0.2) is 0 Å². The minimum absolute atomic E-state index is 0.0836. The lowest BCUT2D eigenvalue weighted by atomic mass is 10.1. The van der Waals surface area contributed by atoms with Gasteiger partial charge in [0, 0.05) is 33.4 Å². The van der Waals surface area contributed by atoms with Crippen LogP contribution in [0.3, 0.4) is 0 Å². The number of nitrogens with one attached hydrogen (secondary N) is 4. The SMILES string of the molecule is CCCCC(=O)NCCCCON=CCNC(=O)CC[C@H](NC(C)=O)C(=O)NC. The van der Waals surface area contributed by atoms with Crippen molar-refractivity contribution < 1.29 is 24.0 Å². The van der Waals surface area contributed by atoms with Gasteiger partial charge in [0.25, 0.3) is 0 Å². The monoisotopic (exact) mass is 413 g/mol. The van der Waals surface area contributed by atoms with Crippen LogP contribution in [0.5, 0.6) is 0 Å². The molecule has 0 bridgehead atoms. The highest BCUT2D eigenvalue weighted by Gasteiger charge is 2.19. The molecule has 166 valence electrons. The van der Waals surface area contributed by atoms with Gasteiger partial charge in [0.15, 0.2) is 0 Å². The van der Waals surface area contributed by atoms with E-state index in [4.69, 9.17) is 4.84 Å². The van der Waals surface area contributed by atoms with E-state index in [1.54, 1.807) is 0 Å². The van der Waals surface area contributed by atoms with Gasteiger partial charge in [-0.3, -0.25) is 19.2 Å². The van der Waals surface area contributed by atoms with Crippen molar-refractivity contribution in [1.82, 2.24) is 21.3 Å². The quantitative estimate of drug-likeness (QED) is 0.163. The number of likely N-dealkylation sites (N-methyl/N-ethyl adjacent to an activating group) is 1. The number of oxime groups is 1. The Morgan fingerprint density at radius 2 is 1.76 bits per heavy atom. The molecule has 1 atom stereocenters. The molecule has 0 spiro atoms. The van der Waals surface area contributed by atoms with Crippen molar-refractivity contribution in [3.8, 4) is 0 Å². The Morgan fingerprint density at radius 1 is 1.03 bits per heavy atom. The van der Waals surface area contributed by atoms with Crippen LogP contribution in [0.4, 0.5) is 0 Å². The van der Waals surface area contributed by atoms with Gasteiger partial charge in [-0.2, -0.15) is 0 Å². The van der Waals surface area contributed by atoms with Gasteiger partial charge < -0.3 is 26.1 Å². The second-order valence-corrected chi connectivity index (χ2v) is 6.49. The highest BCUT2D eigenvalue weighted by atomic mass is 16.6. The molecule has 0 aromatic carbocycles. The van der Waals surface area contributed by atoms with Gasteiger partial charge in [-0.15, -0.1) is 0 Å². The molecule has 0 fully saturated rings. The number of carbonyl (C=O) groups excluding carboxylic acids is 4. The van der Waals surface area contributed by atoms with Crippen molar-refractivity contribution in [3.05, 3.63) is 0 Å². The van der Waals surface area contributed by atoms with Crippen LogP contribution in [0.25, 0.3) is 0 Å². The van der Waals surface area contributed by atoms with Crippen LogP contribution in [0.15, 0.2) is 5.16 Å². The normalized spacial score (nSPS) is 11.6. The van der Waals surface area contributed by atoms with Crippen molar-refractivity contribution in [3.63, 3.8) is 0 Å². The molecule has 4 amide bonds. The van der Waals surface area contributed by atoms with Crippen LogP contribution in [-0.4, -0.2) is 62.6 Å². The van der Waals surface area contributed by atoms with Crippen molar-refractivity contribution in [2.75, 3.05) is 26.7 Å². The zero-order chi connectivity index (χ0) is 21.9. The van der Waals surface area contributed by atoms with E-state index in [-0.39, 0.29) is 43.0 Å². The molecule has 0 saturated carbocycles. The van der Waals surface area contributed by atoms with Gasteiger partial charge in [0.2, 0.25) is 23.6 Å². The van der Waals surface area contributed by atoms with Crippen molar-refractivity contribution in [2.24, 2.45) is 5.16 Å². The summed E-state index contributed by atoms with van der Waals surface area (Å²) in [6.45, 7) is 4.63. The molecule has 0 aliphatic rings. The first-order valence-electron chi connectivity index (χ1n) is 10.1. The maximum Gasteiger partial charge on any atom is 0.242 e. The molecule has 0 aromatic rings. The van der Waals surface area contributed by atoms with Crippen LogP contribution in [0, 0.1) is 0 Å². The molecule has 10 nitrogen and oxygen atoms in total. The molecule has 0 heterocycles. The Kier molecular flexibility index (Phi) is 15.9. The number of hydrogen-bond acceptors (Lipinski definition) is 6. The lowest BCUT2D eigenvalue weighted by Crippen LogP contribution is -2.45. The molecule has 10 heteroatoms. The fraction of sp³-hybridized carbons (Fsp3) is 0.737. The third kappa shape index (κ3) is 16.0. The topological polar surface area (TPSA) is 138 Å². The van der Waals surface area contributed by atoms with Crippen LogP contribution < -0.4 is 21.3 Å². The van der Waals surface area contributed by atoms with E-state index in [2.05, 4.69) is 26.4 Å².